The zero-order valence-electron chi connectivity index (χ0n) is 14.0. The van der Waals surface area contributed by atoms with E-state index in [9.17, 15) is 4.79 Å². The Morgan fingerprint density at radius 2 is 1.88 bits per heavy atom. The highest BCUT2D eigenvalue weighted by molar-refractivity contribution is 7.80. The van der Waals surface area contributed by atoms with Crippen LogP contribution in [0.15, 0.2) is 53.5 Å². The van der Waals surface area contributed by atoms with Crippen LogP contribution in [0.25, 0.3) is 0 Å². The number of aliphatic imine (C=N–C) groups is 1. The lowest BCUT2D eigenvalue weighted by molar-refractivity contribution is 0.0944. The van der Waals surface area contributed by atoms with Crippen LogP contribution in [0.5, 0.6) is 5.75 Å². The lowest BCUT2D eigenvalue weighted by Gasteiger charge is -2.29. The van der Waals surface area contributed by atoms with E-state index in [4.69, 9.17) is 17.0 Å². The maximum atomic E-state index is 13.0. The van der Waals surface area contributed by atoms with E-state index < -0.39 is 0 Å². The first-order chi connectivity index (χ1) is 12.0. The molecule has 4 rings (SSSR count). The van der Waals surface area contributed by atoms with Crippen molar-refractivity contribution in [3.8, 4) is 5.75 Å². The first-order valence-corrected chi connectivity index (χ1v) is 8.74. The van der Waals surface area contributed by atoms with Crippen molar-refractivity contribution in [1.82, 2.24) is 5.32 Å². The molecule has 0 bridgehead atoms. The maximum absolute atomic E-state index is 13.0. The van der Waals surface area contributed by atoms with E-state index in [1.165, 1.54) is 0 Å². The van der Waals surface area contributed by atoms with Crippen LogP contribution in [0.2, 0.25) is 0 Å². The van der Waals surface area contributed by atoms with E-state index in [-0.39, 0.29) is 23.8 Å². The van der Waals surface area contributed by atoms with Gasteiger partial charge in [0.25, 0.3) is 0 Å². The summed E-state index contributed by atoms with van der Waals surface area (Å²) in [5.74, 6) is 0.509. The number of nitrogens with zero attached hydrogens (tertiary/aromatic N) is 1. The first kappa shape index (κ1) is 16.0. The zero-order valence-corrected chi connectivity index (χ0v) is 14.8. The van der Waals surface area contributed by atoms with Crippen molar-refractivity contribution < 1.29 is 9.53 Å². The zero-order chi connectivity index (χ0) is 17.6. The third kappa shape index (κ3) is 2.74. The minimum Gasteiger partial charge on any atom is -0.491 e. The van der Waals surface area contributed by atoms with Gasteiger partial charge >= 0.3 is 0 Å². The van der Waals surface area contributed by atoms with Gasteiger partial charge in [-0.25, -0.2) is 4.99 Å². The van der Waals surface area contributed by atoms with E-state index in [1.54, 1.807) is 0 Å². The summed E-state index contributed by atoms with van der Waals surface area (Å²) in [4.78, 5) is 17.5. The van der Waals surface area contributed by atoms with Crippen LogP contribution in [0, 0.1) is 5.92 Å². The van der Waals surface area contributed by atoms with Gasteiger partial charge in [-0.05, 0) is 43.8 Å². The van der Waals surface area contributed by atoms with Crippen LogP contribution < -0.4 is 10.1 Å². The van der Waals surface area contributed by atoms with E-state index in [1.807, 2.05) is 62.4 Å². The third-order valence-corrected chi connectivity index (χ3v) is 4.68. The summed E-state index contributed by atoms with van der Waals surface area (Å²) >= 11 is 5.34. The molecule has 2 aromatic rings. The molecule has 2 unspecified atom stereocenters. The second-order valence-corrected chi connectivity index (χ2v) is 6.94. The van der Waals surface area contributed by atoms with Gasteiger partial charge in [0, 0.05) is 11.1 Å². The Morgan fingerprint density at radius 1 is 1.12 bits per heavy atom. The number of carbonyl (C=O) groups excluding carboxylic acids is 1. The fourth-order valence-corrected chi connectivity index (χ4v) is 3.73. The Labute approximate surface area is 151 Å². The number of ether oxygens (including phenoxy) is 1. The van der Waals surface area contributed by atoms with Crippen LogP contribution in [0.4, 0.5) is 0 Å². The molecule has 0 saturated heterocycles. The Morgan fingerprint density at radius 3 is 2.64 bits per heavy atom. The Bertz CT molecular complexity index is 904. The van der Waals surface area contributed by atoms with Crippen LogP contribution in [-0.4, -0.2) is 22.7 Å². The van der Waals surface area contributed by atoms with Gasteiger partial charge in [-0.1, -0.05) is 36.4 Å². The van der Waals surface area contributed by atoms with Crippen molar-refractivity contribution in [1.29, 1.82) is 0 Å². The van der Waals surface area contributed by atoms with Crippen molar-refractivity contribution in [2.45, 2.75) is 26.0 Å². The maximum Gasteiger partial charge on any atom is 0.193 e. The lowest BCUT2D eigenvalue weighted by atomic mass is 9.87. The summed E-state index contributed by atoms with van der Waals surface area (Å²) in [5.41, 5.74) is 3.35. The SMILES string of the molecule is CC(C)Oc1cccc(C2NC(=S)N=C3c4ccccc4C(=O)C32)c1. The molecule has 4 nitrogen and oxygen atoms in total. The highest BCUT2D eigenvalue weighted by Crippen LogP contribution is 2.38. The predicted octanol–water partition coefficient (Wildman–Crippen LogP) is 3.70. The molecular weight excluding hydrogens is 332 g/mol. The van der Waals surface area contributed by atoms with Crippen molar-refractivity contribution >= 4 is 28.8 Å². The molecule has 2 aromatic carbocycles. The van der Waals surface area contributed by atoms with Crippen LogP contribution >= 0.6 is 12.2 Å². The molecule has 1 aliphatic carbocycles. The number of rotatable bonds is 3. The normalized spacial score (nSPS) is 21.5. The average molecular weight is 350 g/mol. The van der Waals surface area contributed by atoms with E-state index in [2.05, 4.69) is 10.3 Å². The number of hydrogen-bond acceptors (Lipinski definition) is 3. The van der Waals surface area contributed by atoms with Gasteiger partial charge in [0.15, 0.2) is 10.9 Å². The molecule has 126 valence electrons. The summed E-state index contributed by atoms with van der Waals surface area (Å²) in [6.07, 6.45) is 0.0881. The molecule has 25 heavy (non-hydrogen) atoms. The molecule has 0 amide bonds. The molecule has 0 spiro atoms. The van der Waals surface area contributed by atoms with Crippen molar-refractivity contribution in [2.24, 2.45) is 10.9 Å². The lowest BCUT2D eigenvalue weighted by Crippen LogP contribution is -2.41. The number of Topliss-reactive ketones (excluding diaryl/α,β-unsaturated/α-hetero) is 1. The highest BCUT2D eigenvalue weighted by Gasteiger charge is 2.44. The number of fused-ring (bicyclic) bond motifs is 3. The van der Waals surface area contributed by atoms with Gasteiger partial charge in [0.05, 0.1) is 23.8 Å². The summed E-state index contributed by atoms with van der Waals surface area (Å²) in [6.45, 7) is 3.98. The molecule has 0 aromatic heterocycles. The number of carbonyl (C=O) groups is 1. The summed E-state index contributed by atoms with van der Waals surface area (Å²) in [7, 11) is 0. The number of hydrogen-bond donors (Lipinski definition) is 1. The molecule has 2 atom stereocenters. The second-order valence-electron chi connectivity index (χ2n) is 6.55. The third-order valence-electron chi connectivity index (χ3n) is 4.47. The molecule has 1 heterocycles. The number of ketones is 1. The quantitative estimate of drug-likeness (QED) is 0.858. The monoisotopic (exact) mass is 350 g/mol. The van der Waals surface area contributed by atoms with Gasteiger partial charge in [-0.15, -0.1) is 0 Å². The Kier molecular flexibility index (Phi) is 3.88. The van der Waals surface area contributed by atoms with E-state index in [0.717, 1.165) is 28.2 Å². The van der Waals surface area contributed by atoms with Crippen LogP contribution in [0.3, 0.4) is 0 Å². The minimum atomic E-state index is -0.363. The Hall–Kier alpha value is -2.53. The van der Waals surface area contributed by atoms with Gasteiger partial charge in [0.2, 0.25) is 0 Å². The van der Waals surface area contributed by atoms with Crippen molar-refractivity contribution in [3.63, 3.8) is 0 Å². The average Bonchev–Trinajstić information content (AvgIpc) is 2.87. The van der Waals surface area contributed by atoms with Gasteiger partial charge in [0.1, 0.15) is 5.75 Å². The van der Waals surface area contributed by atoms with Crippen LogP contribution in [-0.2, 0) is 0 Å². The molecule has 0 fully saturated rings. The van der Waals surface area contributed by atoms with Crippen molar-refractivity contribution in [3.05, 3.63) is 65.2 Å². The topological polar surface area (TPSA) is 50.7 Å². The first-order valence-electron chi connectivity index (χ1n) is 8.34. The molecular formula is C20H18N2O2S. The van der Waals surface area contributed by atoms with Gasteiger partial charge in [-0.3, -0.25) is 4.79 Å². The molecule has 1 N–H and O–H groups in total. The fraction of sp³-hybridized carbons (Fsp3) is 0.250. The van der Waals surface area contributed by atoms with E-state index >= 15 is 0 Å². The smallest absolute Gasteiger partial charge is 0.193 e. The fourth-order valence-electron chi connectivity index (χ4n) is 3.51. The molecule has 1 aliphatic heterocycles. The molecule has 0 saturated carbocycles. The molecule has 2 aliphatic rings. The standard InChI is InChI=1S/C20H18N2O2S/c1-11(2)24-13-7-5-6-12(10-13)17-16-18(22-20(25)21-17)14-8-3-4-9-15(14)19(16)23/h3-11,16-17H,1-2H3,(H,21,25). The molecule has 0 radical (unpaired) electrons. The second kappa shape index (κ2) is 6.08. The summed E-state index contributed by atoms with van der Waals surface area (Å²) in [5, 5.41) is 3.63. The summed E-state index contributed by atoms with van der Waals surface area (Å²) in [6, 6.07) is 15.2. The van der Waals surface area contributed by atoms with Crippen molar-refractivity contribution in [2.75, 3.05) is 0 Å². The minimum absolute atomic E-state index is 0.0875. The summed E-state index contributed by atoms with van der Waals surface area (Å²) < 4.78 is 5.80. The highest BCUT2D eigenvalue weighted by atomic mass is 32.1. The van der Waals surface area contributed by atoms with Crippen LogP contribution in [0.1, 0.15) is 41.4 Å². The van der Waals surface area contributed by atoms with Gasteiger partial charge < -0.3 is 10.1 Å². The molecule has 5 heteroatoms. The number of thiocarbonyl (C=S) groups is 1. The van der Waals surface area contributed by atoms with Gasteiger partial charge in [-0.2, -0.15) is 0 Å². The van der Waals surface area contributed by atoms with E-state index in [0.29, 0.717) is 5.11 Å². The predicted molar refractivity (Wildman–Crippen MR) is 101 cm³/mol. The number of nitrogens with one attached hydrogen (secondary N) is 1. The number of benzene rings is 2. The largest absolute Gasteiger partial charge is 0.491 e. The Balaban J connectivity index is 1.77.